The first-order valence-electron chi connectivity index (χ1n) is 8.81. The minimum Gasteiger partial charge on any atom is -0.463 e. The highest BCUT2D eigenvalue weighted by Gasteiger charge is 2.57. The number of rotatable bonds is 1. The molecule has 0 saturated carbocycles. The summed E-state index contributed by atoms with van der Waals surface area (Å²) in [4.78, 5) is 13.2. The van der Waals surface area contributed by atoms with E-state index in [1.165, 1.54) is 0 Å². The number of fused-ring (bicyclic) bond motifs is 2. The number of benzene rings is 2. The summed E-state index contributed by atoms with van der Waals surface area (Å²) >= 11 is 6.25. The van der Waals surface area contributed by atoms with Crippen LogP contribution in [-0.4, -0.2) is 17.7 Å². The predicted octanol–water partition coefficient (Wildman–Crippen LogP) is 5.39. The molecule has 4 rings (SSSR count). The summed E-state index contributed by atoms with van der Waals surface area (Å²) in [6.07, 6.45) is 3.96. The van der Waals surface area contributed by atoms with Crippen molar-refractivity contribution >= 4 is 29.1 Å². The number of hydrogen-bond acceptors (Lipinski definition) is 4. The van der Waals surface area contributed by atoms with E-state index in [-0.39, 0.29) is 16.0 Å². The fourth-order valence-electron chi connectivity index (χ4n) is 4.53. The quantitative estimate of drug-likeness (QED) is 0.488. The molecule has 0 bridgehead atoms. The topological polar surface area (TPSA) is 55.6 Å². The van der Waals surface area contributed by atoms with Gasteiger partial charge in [0.15, 0.2) is 0 Å². The number of likely N-dealkylation sites (N-methyl/N-ethyl adjacent to an activating group) is 1. The van der Waals surface area contributed by atoms with E-state index >= 15 is 0 Å². The Labute approximate surface area is 163 Å². The molecule has 6 heteroatoms. The predicted molar refractivity (Wildman–Crippen MR) is 108 cm³/mol. The van der Waals surface area contributed by atoms with Gasteiger partial charge in [-0.2, -0.15) is 0 Å². The number of anilines is 1. The highest BCUT2D eigenvalue weighted by molar-refractivity contribution is 6.30. The highest BCUT2D eigenvalue weighted by atomic mass is 35.5. The number of aryl methyl sites for hydroxylation is 1. The normalized spacial score (nSPS) is 21.8. The van der Waals surface area contributed by atoms with Gasteiger partial charge in [0.25, 0.3) is 5.69 Å². The zero-order chi connectivity index (χ0) is 19.7. The Morgan fingerprint density at radius 2 is 1.93 bits per heavy atom. The van der Waals surface area contributed by atoms with Gasteiger partial charge in [0.05, 0.1) is 10.3 Å². The molecule has 0 fully saturated rings. The van der Waals surface area contributed by atoms with Crippen LogP contribution < -0.4 is 9.64 Å². The third kappa shape index (κ3) is 2.18. The van der Waals surface area contributed by atoms with Gasteiger partial charge in [0.2, 0.25) is 5.72 Å². The maximum absolute atomic E-state index is 11.4. The van der Waals surface area contributed by atoms with Crippen LogP contribution in [0.15, 0.2) is 30.3 Å². The molecule has 5 nitrogen and oxygen atoms in total. The Balaban J connectivity index is 1.90. The molecule has 1 spiro atoms. The molecule has 0 radical (unpaired) electrons. The third-order valence-corrected chi connectivity index (χ3v) is 6.29. The summed E-state index contributed by atoms with van der Waals surface area (Å²) in [7, 11) is 2.00. The van der Waals surface area contributed by atoms with E-state index in [2.05, 4.69) is 18.7 Å². The number of nitro groups is 1. The second-order valence-corrected chi connectivity index (χ2v) is 8.25. The molecular weight excluding hydrogens is 364 g/mol. The third-order valence-electron chi connectivity index (χ3n) is 6.06. The molecule has 0 aliphatic carbocycles. The van der Waals surface area contributed by atoms with Crippen LogP contribution in [0.1, 0.15) is 36.1 Å². The van der Waals surface area contributed by atoms with Crippen LogP contribution in [0.4, 0.5) is 11.4 Å². The van der Waals surface area contributed by atoms with E-state index in [1.807, 2.05) is 37.4 Å². The van der Waals surface area contributed by atoms with E-state index in [0.717, 1.165) is 16.8 Å². The lowest BCUT2D eigenvalue weighted by molar-refractivity contribution is -0.386. The molecule has 140 valence electrons. The van der Waals surface area contributed by atoms with Crippen LogP contribution in [-0.2, 0) is 5.41 Å². The Hall–Kier alpha value is -2.53. The van der Waals surface area contributed by atoms with Crippen LogP contribution in [0, 0.1) is 24.0 Å². The van der Waals surface area contributed by atoms with E-state index < -0.39 is 5.72 Å². The average molecular weight is 385 g/mol. The summed E-state index contributed by atoms with van der Waals surface area (Å²) < 4.78 is 6.60. The maximum atomic E-state index is 11.4. The van der Waals surface area contributed by atoms with E-state index in [0.29, 0.717) is 21.9 Å². The first kappa shape index (κ1) is 17.9. The first-order valence-corrected chi connectivity index (χ1v) is 9.18. The second kappa shape index (κ2) is 5.49. The summed E-state index contributed by atoms with van der Waals surface area (Å²) in [5, 5.41) is 12.1. The fraction of sp³-hybridized carbons (Fsp3) is 0.333. The van der Waals surface area contributed by atoms with E-state index in [9.17, 15) is 10.1 Å². The van der Waals surface area contributed by atoms with Gasteiger partial charge in [-0.05, 0) is 69.7 Å². The number of halogens is 1. The van der Waals surface area contributed by atoms with Crippen molar-refractivity contribution in [2.45, 2.75) is 38.8 Å². The molecular formula is C21H21ClN2O3. The largest absolute Gasteiger partial charge is 0.463 e. The second-order valence-electron chi connectivity index (χ2n) is 7.81. The van der Waals surface area contributed by atoms with Gasteiger partial charge >= 0.3 is 0 Å². The Morgan fingerprint density at radius 3 is 2.59 bits per heavy atom. The Kier molecular flexibility index (Phi) is 3.63. The van der Waals surface area contributed by atoms with E-state index in [1.54, 1.807) is 19.9 Å². The van der Waals surface area contributed by atoms with Crippen molar-refractivity contribution in [3.05, 3.63) is 67.7 Å². The number of nitro benzene ring substituents is 1. The number of hydrogen-bond donors (Lipinski definition) is 0. The summed E-state index contributed by atoms with van der Waals surface area (Å²) in [6.45, 7) is 7.78. The van der Waals surface area contributed by atoms with Gasteiger partial charge < -0.3 is 9.64 Å². The van der Waals surface area contributed by atoms with Crippen molar-refractivity contribution in [2.24, 2.45) is 0 Å². The summed E-state index contributed by atoms with van der Waals surface area (Å²) in [5.74, 6) is 0.664. The van der Waals surface area contributed by atoms with Crippen LogP contribution in [0.2, 0.25) is 5.02 Å². The molecule has 1 atom stereocenters. The lowest BCUT2D eigenvalue weighted by Crippen LogP contribution is -2.58. The van der Waals surface area contributed by atoms with Crippen LogP contribution in [0.3, 0.4) is 0 Å². The van der Waals surface area contributed by atoms with Crippen LogP contribution in [0.5, 0.6) is 5.75 Å². The van der Waals surface area contributed by atoms with Crippen molar-refractivity contribution in [3.63, 3.8) is 0 Å². The van der Waals surface area contributed by atoms with Crippen LogP contribution >= 0.6 is 11.6 Å². The monoisotopic (exact) mass is 384 g/mol. The van der Waals surface area contributed by atoms with Gasteiger partial charge in [0.1, 0.15) is 5.75 Å². The van der Waals surface area contributed by atoms with Crippen molar-refractivity contribution in [3.8, 4) is 5.75 Å². The molecule has 0 aromatic heterocycles. The van der Waals surface area contributed by atoms with Crippen molar-refractivity contribution < 1.29 is 9.66 Å². The molecule has 2 aromatic carbocycles. The first-order chi connectivity index (χ1) is 12.6. The molecule has 27 heavy (non-hydrogen) atoms. The molecule has 2 aliphatic rings. The number of nitrogens with zero attached hydrogens (tertiary/aromatic N) is 2. The van der Waals surface area contributed by atoms with Gasteiger partial charge in [0, 0.05) is 34.4 Å². The van der Waals surface area contributed by atoms with Crippen molar-refractivity contribution in [1.29, 1.82) is 0 Å². The lowest BCUT2D eigenvalue weighted by Gasteiger charge is -2.46. The summed E-state index contributed by atoms with van der Waals surface area (Å²) in [5.41, 5.74) is 3.19. The molecule has 0 N–H and O–H groups in total. The molecule has 2 aromatic rings. The molecule has 0 saturated heterocycles. The van der Waals surface area contributed by atoms with Crippen molar-refractivity contribution in [1.82, 2.24) is 0 Å². The van der Waals surface area contributed by atoms with Gasteiger partial charge in [-0.15, -0.1) is 0 Å². The Bertz CT molecular complexity index is 1030. The maximum Gasteiger partial charge on any atom is 0.276 e. The van der Waals surface area contributed by atoms with Gasteiger partial charge in [-0.1, -0.05) is 11.6 Å². The SMILES string of the molecule is Cc1cc2c(c(C)c1[N+](=O)[O-])C=CC1(O2)N(C)c2ccc(Cl)cc2C1(C)C. The number of ether oxygens (including phenoxy) is 1. The van der Waals surface area contributed by atoms with E-state index in [4.69, 9.17) is 16.3 Å². The Morgan fingerprint density at radius 1 is 1.22 bits per heavy atom. The lowest BCUT2D eigenvalue weighted by atomic mass is 9.76. The zero-order valence-electron chi connectivity index (χ0n) is 16.0. The van der Waals surface area contributed by atoms with Gasteiger partial charge in [-0.3, -0.25) is 10.1 Å². The van der Waals surface area contributed by atoms with Gasteiger partial charge in [-0.25, -0.2) is 0 Å². The minimum atomic E-state index is -0.734. The molecule has 2 heterocycles. The average Bonchev–Trinajstić information content (AvgIpc) is 2.73. The summed E-state index contributed by atoms with van der Waals surface area (Å²) in [6, 6.07) is 7.64. The van der Waals surface area contributed by atoms with Crippen LogP contribution in [0.25, 0.3) is 6.08 Å². The fourth-order valence-corrected chi connectivity index (χ4v) is 4.70. The smallest absolute Gasteiger partial charge is 0.276 e. The zero-order valence-corrected chi connectivity index (χ0v) is 16.7. The van der Waals surface area contributed by atoms with Crippen molar-refractivity contribution in [2.75, 3.05) is 11.9 Å². The standard InChI is InChI=1S/C21H21ClN2O3/c1-12-10-18-15(13(2)19(12)24(25)26)8-9-21(27-18)20(3,4)16-11-14(22)6-7-17(16)23(21)5/h6-11H,1-5H3. The molecule has 0 amide bonds. The minimum absolute atomic E-state index is 0.145. The highest BCUT2D eigenvalue weighted by Crippen LogP contribution is 2.55. The molecule has 2 aliphatic heterocycles. The molecule has 1 unspecified atom stereocenters.